The van der Waals surface area contributed by atoms with Gasteiger partial charge in [-0.15, -0.1) is 28.1 Å². The number of nitrogens with one attached hydrogen (secondary N) is 1. The summed E-state index contributed by atoms with van der Waals surface area (Å²) in [6.45, 7) is 6.22. The number of carbonyl (C=O) groups is 2. The zero-order valence-electron chi connectivity index (χ0n) is 20.7. The summed E-state index contributed by atoms with van der Waals surface area (Å²) in [5, 5.41) is 12.4. The number of allylic oxidation sites excluding steroid dienone is 1. The smallest absolute Gasteiger partial charge is 0.340 e. The molecule has 36 heavy (non-hydrogen) atoms. The summed E-state index contributed by atoms with van der Waals surface area (Å²) in [6.07, 6.45) is 2.46. The number of esters is 1. The minimum Gasteiger partial charge on any atom is -0.493 e. The largest absolute Gasteiger partial charge is 0.493 e. The van der Waals surface area contributed by atoms with E-state index in [1.807, 2.05) is 11.5 Å². The van der Waals surface area contributed by atoms with E-state index in [1.54, 1.807) is 24.3 Å². The predicted molar refractivity (Wildman–Crippen MR) is 140 cm³/mol. The molecule has 10 nitrogen and oxygen atoms in total. The number of rotatable bonds is 12. The molecule has 1 amide bonds. The lowest BCUT2D eigenvalue weighted by molar-refractivity contribution is -0.113. The van der Waals surface area contributed by atoms with Gasteiger partial charge in [-0.1, -0.05) is 24.8 Å². The average molecular weight is 533 g/mol. The molecule has 192 valence electrons. The van der Waals surface area contributed by atoms with Crippen LogP contribution in [0.2, 0.25) is 0 Å². The van der Waals surface area contributed by atoms with Gasteiger partial charge in [-0.05, 0) is 24.6 Å². The van der Waals surface area contributed by atoms with E-state index in [1.165, 1.54) is 51.5 Å². The highest BCUT2D eigenvalue weighted by atomic mass is 32.2. The maximum atomic E-state index is 12.7. The molecule has 3 rings (SSSR count). The van der Waals surface area contributed by atoms with Gasteiger partial charge in [-0.3, -0.25) is 9.36 Å². The molecule has 0 saturated carbocycles. The number of hydrogen-bond donors (Lipinski definition) is 1. The maximum absolute atomic E-state index is 12.7. The second-order valence-corrected chi connectivity index (χ2v) is 9.34. The first-order chi connectivity index (χ1) is 17.4. The molecular weight excluding hydrogens is 504 g/mol. The third kappa shape index (κ3) is 5.82. The number of methoxy groups -OCH3 is 4. The first kappa shape index (κ1) is 27.1. The van der Waals surface area contributed by atoms with Crippen LogP contribution >= 0.6 is 23.1 Å². The highest BCUT2D eigenvalue weighted by Gasteiger charge is 2.21. The molecule has 12 heteroatoms. The second kappa shape index (κ2) is 12.5. The van der Waals surface area contributed by atoms with Crippen molar-refractivity contribution in [3.63, 3.8) is 0 Å². The second-order valence-electron chi connectivity index (χ2n) is 7.26. The molecule has 0 unspecified atom stereocenters. The molecule has 0 fully saturated rings. The third-order valence-corrected chi connectivity index (χ3v) is 7.24. The fraction of sp³-hybridized carbons (Fsp3) is 0.333. The van der Waals surface area contributed by atoms with Crippen molar-refractivity contribution in [2.75, 3.05) is 39.5 Å². The lowest BCUT2D eigenvalue weighted by atomic mass is 10.1. The fourth-order valence-corrected chi connectivity index (χ4v) is 5.12. The lowest BCUT2D eigenvalue weighted by Crippen LogP contribution is -2.16. The van der Waals surface area contributed by atoms with Crippen LogP contribution in [0.1, 0.15) is 22.2 Å². The van der Waals surface area contributed by atoms with Crippen LogP contribution in [0.25, 0.3) is 11.4 Å². The Morgan fingerprint density at radius 2 is 1.81 bits per heavy atom. The van der Waals surface area contributed by atoms with Gasteiger partial charge in [0.05, 0.1) is 39.8 Å². The molecule has 0 aliphatic heterocycles. The predicted octanol–water partition coefficient (Wildman–Crippen LogP) is 4.30. The van der Waals surface area contributed by atoms with Crippen molar-refractivity contribution < 1.29 is 28.5 Å². The number of amides is 1. The zero-order chi connectivity index (χ0) is 26.2. The van der Waals surface area contributed by atoms with E-state index in [0.717, 1.165) is 11.3 Å². The number of aryl methyl sites for hydroxylation is 1. The van der Waals surface area contributed by atoms with E-state index in [0.29, 0.717) is 50.9 Å². The van der Waals surface area contributed by atoms with Crippen LogP contribution < -0.4 is 19.5 Å². The summed E-state index contributed by atoms with van der Waals surface area (Å²) in [5.41, 5.74) is 1.04. The van der Waals surface area contributed by atoms with E-state index in [9.17, 15) is 9.59 Å². The molecule has 0 saturated heterocycles. The number of ether oxygens (including phenoxy) is 4. The Kier molecular flexibility index (Phi) is 9.37. The molecule has 0 aliphatic rings. The third-order valence-electron chi connectivity index (χ3n) is 5.07. The van der Waals surface area contributed by atoms with Crippen molar-refractivity contribution in [2.45, 2.75) is 25.0 Å². The van der Waals surface area contributed by atoms with Crippen LogP contribution in [0.5, 0.6) is 17.2 Å². The van der Waals surface area contributed by atoms with Crippen molar-refractivity contribution >= 4 is 40.0 Å². The van der Waals surface area contributed by atoms with Gasteiger partial charge >= 0.3 is 5.97 Å². The normalized spacial score (nSPS) is 10.6. The molecular formula is C24H28N4O6S2. The number of carbonyl (C=O) groups excluding carboxylic acids is 2. The minimum absolute atomic E-state index is 0.0600. The van der Waals surface area contributed by atoms with E-state index >= 15 is 0 Å². The number of thiophene rings is 1. The SMILES string of the molecule is C=CCn1c(SCC(=O)Nc2sc(CC)cc2C(=O)OC)nnc1-c1cc(OC)c(OC)c(OC)c1. The topological polar surface area (TPSA) is 114 Å². The summed E-state index contributed by atoms with van der Waals surface area (Å²) in [7, 11) is 5.93. The number of benzene rings is 1. The van der Waals surface area contributed by atoms with E-state index in [2.05, 4.69) is 22.1 Å². The molecule has 0 aliphatic carbocycles. The highest BCUT2D eigenvalue weighted by Crippen LogP contribution is 2.41. The molecule has 2 aromatic heterocycles. The van der Waals surface area contributed by atoms with Gasteiger partial charge in [0.15, 0.2) is 22.5 Å². The monoisotopic (exact) mass is 532 g/mol. The van der Waals surface area contributed by atoms with Crippen LogP contribution in [0.3, 0.4) is 0 Å². The van der Waals surface area contributed by atoms with Crippen LogP contribution in [-0.4, -0.2) is 60.8 Å². The number of hydrogen-bond acceptors (Lipinski definition) is 10. The molecule has 1 N–H and O–H groups in total. The van der Waals surface area contributed by atoms with Crippen LogP contribution in [0.4, 0.5) is 5.00 Å². The number of thioether (sulfide) groups is 1. The summed E-state index contributed by atoms with van der Waals surface area (Å²) < 4.78 is 23.0. The van der Waals surface area contributed by atoms with Crippen LogP contribution in [-0.2, 0) is 22.5 Å². The quantitative estimate of drug-likeness (QED) is 0.207. The maximum Gasteiger partial charge on any atom is 0.340 e. The molecule has 0 radical (unpaired) electrons. The van der Waals surface area contributed by atoms with Gasteiger partial charge < -0.3 is 24.3 Å². The first-order valence-electron chi connectivity index (χ1n) is 10.9. The number of aromatic nitrogens is 3. The van der Waals surface area contributed by atoms with Gasteiger partial charge in [0.2, 0.25) is 11.7 Å². The van der Waals surface area contributed by atoms with Crippen molar-refractivity contribution in [3.8, 4) is 28.6 Å². The summed E-state index contributed by atoms with van der Waals surface area (Å²) in [4.78, 5) is 25.8. The van der Waals surface area contributed by atoms with Crippen molar-refractivity contribution in [3.05, 3.63) is 41.3 Å². The van der Waals surface area contributed by atoms with Crippen molar-refractivity contribution in [2.24, 2.45) is 0 Å². The van der Waals surface area contributed by atoms with E-state index in [-0.39, 0.29) is 11.7 Å². The number of nitrogens with zero attached hydrogens (tertiary/aromatic N) is 3. The molecule has 0 spiro atoms. The lowest BCUT2D eigenvalue weighted by Gasteiger charge is -2.14. The van der Waals surface area contributed by atoms with E-state index in [4.69, 9.17) is 18.9 Å². The summed E-state index contributed by atoms with van der Waals surface area (Å²) in [6, 6.07) is 5.30. The van der Waals surface area contributed by atoms with Gasteiger partial charge in [0.25, 0.3) is 0 Å². The zero-order valence-corrected chi connectivity index (χ0v) is 22.4. The standard InChI is InChI=1S/C24H28N4O6S2/c1-7-9-28-21(14-10-17(31-3)20(33-5)18(11-14)32-4)26-27-24(28)35-13-19(29)25-22-16(23(30)34-6)12-15(8-2)36-22/h7,10-12H,1,8-9,13H2,2-6H3,(H,25,29). The number of anilines is 1. The summed E-state index contributed by atoms with van der Waals surface area (Å²) >= 11 is 2.57. The molecule has 2 heterocycles. The Morgan fingerprint density at radius 1 is 1.11 bits per heavy atom. The Hall–Kier alpha value is -3.51. The Bertz CT molecular complexity index is 1230. The summed E-state index contributed by atoms with van der Waals surface area (Å²) in [5.74, 6) is 1.28. The Labute approximate surface area is 217 Å². The molecule has 3 aromatic rings. The van der Waals surface area contributed by atoms with Crippen LogP contribution in [0, 0.1) is 0 Å². The van der Waals surface area contributed by atoms with Gasteiger partial charge in [0.1, 0.15) is 5.00 Å². The fourth-order valence-electron chi connectivity index (χ4n) is 3.38. The van der Waals surface area contributed by atoms with Gasteiger partial charge in [-0.25, -0.2) is 4.79 Å². The Morgan fingerprint density at radius 3 is 2.36 bits per heavy atom. The Balaban J connectivity index is 1.83. The minimum atomic E-state index is -0.491. The highest BCUT2D eigenvalue weighted by molar-refractivity contribution is 7.99. The van der Waals surface area contributed by atoms with Gasteiger partial charge in [-0.2, -0.15) is 0 Å². The molecule has 1 aromatic carbocycles. The van der Waals surface area contributed by atoms with Crippen molar-refractivity contribution in [1.82, 2.24) is 14.8 Å². The molecule has 0 bridgehead atoms. The van der Waals surface area contributed by atoms with Crippen LogP contribution in [0.15, 0.2) is 36.0 Å². The first-order valence-corrected chi connectivity index (χ1v) is 12.7. The van der Waals surface area contributed by atoms with Gasteiger partial charge in [0, 0.05) is 17.0 Å². The molecule has 0 atom stereocenters. The average Bonchev–Trinajstić information content (AvgIpc) is 3.50. The van der Waals surface area contributed by atoms with E-state index < -0.39 is 5.97 Å². The van der Waals surface area contributed by atoms with Crippen molar-refractivity contribution in [1.29, 1.82) is 0 Å².